The molecule has 35 heavy (non-hydrogen) atoms. The molecule has 0 unspecified atom stereocenters. The van der Waals surface area contributed by atoms with Crippen LogP contribution in [0.4, 0.5) is 5.69 Å². The molecule has 0 saturated heterocycles. The number of carbonyl (C=O) groups excluding carboxylic acids is 3. The fraction of sp³-hybridized carbons (Fsp3) is 0.423. The molecule has 0 bridgehead atoms. The lowest BCUT2D eigenvalue weighted by Crippen LogP contribution is -2.31. The number of nitrogens with zero attached hydrogens (tertiary/aromatic N) is 1. The third-order valence-corrected chi connectivity index (χ3v) is 6.68. The van der Waals surface area contributed by atoms with E-state index in [-0.39, 0.29) is 29.6 Å². The summed E-state index contributed by atoms with van der Waals surface area (Å²) in [6.07, 6.45) is 2.41. The number of hydrogen-bond donors (Lipinski definition) is 1. The molecule has 1 aliphatic carbocycles. The van der Waals surface area contributed by atoms with Crippen LogP contribution in [0, 0.1) is 11.8 Å². The van der Waals surface area contributed by atoms with Crippen molar-refractivity contribution >= 4 is 35.1 Å². The number of halogens is 1. The Hall–Kier alpha value is -3.10. The number of ether oxygens (including phenoxy) is 1. The minimum Gasteiger partial charge on any atom is -0.466 e. The molecule has 1 saturated carbocycles. The molecule has 1 fully saturated rings. The van der Waals surface area contributed by atoms with Crippen LogP contribution >= 0.6 is 11.6 Å². The topological polar surface area (TPSA) is 94.2 Å². The molecule has 1 N–H and O–H groups in total. The Bertz CT molecular complexity index is 1110. The first kappa shape index (κ1) is 25.0. The zero-order valence-electron chi connectivity index (χ0n) is 19.8. The van der Waals surface area contributed by atoms with Crippen molar-refractivity contribution in [3.8, 4) is 5.75 Å². The number of carbonyl (C=O) groups is 3. The zero-order valence-corrected chi connectivity index (χ0v) is 20.6. The molecule has 186 valence electrons. The summed E-state index contributed by atoms with van der Waals surface area (Å²) in [6, 6.07) is 10.5. The van der Waals surface area contributed by atoms with Crippen molar-refractivity contribution in [1.29, 1.82) is 0 Å². The molecular weight excluding hydrogens is 472 g/mol. The highest BCUT2D eigenvalue weighted by atomic mass is 35.5. The van der Waals surface area contributed by atoms with E-state index < -0.39 is 0 Å². The van der Waals surface area contributed by atoms with Gasteiger partial charge >= 0.3 is 5.97 Å². The largest absolute Gasteiger partial charge is 0.466 e. The van der Waals surface area contributed by atoms with Gasteiger partial charge in [0.2, 0.25) is 5.91 Å². The number of fused-ring (bicyclic) bond motifs is 1. The normalized spacial score (nSPS) is 18.8. The Balaban J connectivity index is 1.41. The van der Waals surface area contributed by atoms with Gasteiger partial charge in [0.05, 0.1) is 23.8 Å². The van der Waals surface area contributed by atoms with Crippen LogP contribution in [0.1, 0.15) is 54.1 Å². The number of amides is 2. The minimum absolute atomic E-state index is 0.156. The molecule has 4 rings (SSSR count). The van der Waals surface area contributed by atoms with Gasteiger partial charge in [-0.25, -0.2) is 0 Å². The van der Waals surface area contributed by atoms with E-state index in [1.807, 2.05) is 18.2 Å². The Morgan fingerprint density at radius 1 is 1.09 bits per heavy atom. The van der Waals surface area contributed by atoms with Crippen LogP contribution in [0.5, 0.6) is 5.75 Å². The summed E-state index contributed by atoms with van der Waals surface area (Å²) in [5.74, 6) is -0.366. The molecule has 1 aliphatic heterocycles. The van der Waals surface area contributed by atoms with Gasteiger partial charge in [0.1, 0.15) is 6.61 Å². The second-order valence-corrected chi connectivity index (χ2v) is 9.36. The van der Waals surface area contributed by atoms with Gasteiger partial charge in [0.25, 0.3) is 5.91 Å². The summed E-state index contributed by atoms with van der Waals surface area (Å²) < 4.78 is 5.11. The van der Waals surface area contributed by atoms with E-state index in [1.54, 1.807) is 37.1 Å². The maximum atomic E-state index is 13.3. The summed E-state index contributed by atoms with van der Waals surface area (Å²) in [7, 11) is 1.69. The standard InChI is InChI=1S/C26H29ClN2O6/c1-3-33-26(32)18-8-6-17(7-9-18)24(30)28-22-11-10-20(27)13-21(22)25(31)29(2)14-16-4-5-19-15-34-35-23(19)12-16/h4-5,10-13,17-18H,3,6-9,14-15H2,1-2H3,(H,28,30). The quantitative estimate of drug-likeness (QED) is 0.435. The predicted molar refractivity (Wildman–Crippen MR) is 130 cm³/mol. The summed E-state index contributed by atoms with van der Waals surface area (Å²) in [5.41, 5.74) is 2.57. The van der Waals surface area contributed by atoms with E-state index in [0.29, 0.717) is 67.5 Å². The van der Waals surface area contributed by atoms with Crippen LogP contribution in [-0.4, -0.2) is 36.3 Å². The second kappa shape index (κ2) is 11.1. The first-order chi connectivity index (χ1) is 16.9. The molecule has 2 aromatic carbocycles. The van der Waals surface area contributed by atoms with Gasteiger partial charge in [-0.2, -0.15) is 4.89 Å². The maximum Gasteiger partial charge on any atom is 0.308 e. The van der Waals surface area contributed by atoms with E-state index >= 15 is 0 Å². The van der Waals surface area contributed by atoms with E-state index in [0.717, 1.165) is 11.1 Å². The monoisotopic (exact) mass is 500 g/mol. The van der Waals surface area contributed by atoms with Gasteiger partial charge in [-0.05, 0) is 62.4 Å². The molecule has 2 amide bonds. The number of benzene rings is 2. The average molecular weight is 501 g/mol. The highest BCUT2D eigenvalue weighted by molar-refractivity contribution is 6.31. The lowest BCUT2D eigenvalue weighted by atomic mass is 9.81. The van der Waals surface area contributed by atoms with Gasteiger partial charge in [-0.3, -0.25) is 14.4 Å². The molecule has 0 aromatic heterocycles. The number of hydrogen-bond acceptors (Lipinski definition) is 6. The first-order valence-corrected chi connectivity index (χ1v) is 12.2. The van der Waals surface area contributed by atoms with Crippen LogP contribution in [0.15, 0.2) is 36.4 Å². The van der Waals surface area contributed by atoms with Crippen LogP contribution in [0.25, 0.3) is 0 Å². The molecule has 2 aromatic rings. The molecule has 2 aliphatic rings. The Labute approximate surface area is 209 Å². The van der Waals surface area contributed by atoms with Crippen LogP contribution in [-0.2, 0) is 32.4 Å². The van der Waals surface area contributed by atoms with Crippen LogP contribution in [0.2, 0.25) is 5.02 Å². The van der Waals surface area contributed by atoms with Crippen molar-refractivity contribution < 1.29 is 28.9 Å². The van der Waals surface area contributed by atoms with Gasteiger partial charge < -0.3 is 19.8 Å². The molecule has 0 spiro atoms. The van der Waals surface area contributed by atoms with Crippen molar-refractivity contribution in [3.05, 3.63) is 58.1 Å². The van der Waals surface area contributed by atoms with E-state index in [4.69, 9.17) is 26.1 Å². The lowest BCUT2D eigenvalue weighted by Gasteiger charge is -2.27. The predicted octanol–water partition coefficient (Wildman–Crippen LogP) is 4.74. The second-order valence-electron chi connectivity index (χ2n) is 8.93. The van der Waals surface area contributed by atoms with Gasteiger partial charge in [-0.1, -0.05) is 23.7 Å². The smallest absolute Gasteiger partial charge is 0.308 e. The fourth-order valence-corrected chi connectivity index (χ4v) is 4.66. The third-order valence-electron chi connectivity index (χ3n) is 6.45. The Kier molecular flexibility index (Phi) is 7.93. The third kappa shape index (κ3) is 5.94. The number of nitrogens with one attached hydrogen (secondary N) is 1. The number of anilines is 1. The SMILES string of the molecule is CCOC(=O)C1CCC(C(=O)Nc2ccc(Cl)cc2C(=O)N(C)Cc2ccc3c(c2)OOC3)CC1. The first-order valence-electron chi connectivity index (χ1n) is 11.8. The summed E-state index contributed by atoms with van der Waals surface area (Å²) in [5, 5.41) is 3.31. The van der Waals surface area contributed by atoms with Crippen LogP contribution < -0.4 is 10.2 Å². The van der Waals surface area contributed by atoms with E-state index in [2.05, 4.69) is 5.32 Å². The average Bonchev–Trinajstić information content (AvgIpc) is 3.33. The maximum absolute atomic E-state index is 13.3. The van der Waals surface area contributed by atoms with E-state index in [1.165, 1.54) is 0 Å². The molecular formula is C26H29ClN2O6. The van der Waals surface area contributed by atoms with Crippen molar-refractivity contribution in [1.82, 2.24) is 4.90 Å². The van der Waals surface area contributed by atoms with Gasteiger partial charge in [0.15, 0.2) is 5.75 Å². The highest BCUT2D eigenvalue weighted by Gasteiger charge is 2.31. The fourth-order valence-electron chi connectivity index (χ4n) is 4.49. The number of rotatable bonds is 7. The summed E-state index contributed by atoms with van der Waals surface area (Å²) in [6.45, 7) is 2.89. The Morgan fingerprint density at radius 2 is 1.83 bits per heavy atom. The van der Waals surface area contributed by atoms with Crippen molar-refractivity contribution in [2.24, 2.45) is 11.8 Å². The highest BCUT2D eigenvalue weighted by Crippen LogP contribution is 2.32. The minimum atomic E-state index is -0.272. The lowest BCUT2D eigenvalue weighted by molar-refractivity contribution is -0.194. The van der Waals surface area contributed by atoms with Crippen LogP contribution in [0.3, 0.4) is 0 Å². The van der Waals surface area contributed by atoms with E-state index in [9.17, 15) is 14.4 Å². The summed E-state index contributed by atoms with van der Waals surface area (Å²) in [4.78, 5) is 49.9. The Morgan fingerprint density at radius 3 is 2.57 bits per heavy atom. The van der Waals surface area contributed by atoms with Crippen molar-refractivity contribution in [3.63, 3.8) is 0 Å². The molecule has 0 radical (unpaired) electrons. The molecule has 0 atom stereocenters. The van der Waals surface area contributed by atoms with Crippen molar-refractivity contribution in [2.75, 3.05) is 19.0 Å². The van der Waals surface area contributed by atoms with Gasteiger partial charge in [0, 0.05) is 30.1 Å². The zero-order chi connectivity index (χ0) is 24.9. The number of esters is 1. The molecule has 8 nitrogen and oxygen atoms in total. The summed E-state index contributed by atoms with van der Waals surface area (Å²) >= 11 is 6.19. The molecule has 1 heterocycles. The molecule has 9 heteroatoms. The van der Waals surface area contributed by atoms with Gasteiger partial charge in [-0.15, -0.1) is 0 Å². The van der Waals surface area contributed by atoms with Crippen molar-refractivity contribution in [2.45, 2.75) is 45.8 Å².